The number of carbonyl (C=O) groups excluding carboxylic acids is 1. The van der Waals surface area contributed by atoms with Gasteiger partial charge in [0, 0.05) is 0 Å². The Morgan fingerprint density at radius 3 is 2.65 bits per heavy atom. The summed E-state index contributed by atoms with van der Waals surface area (Å²) < 4.78 is 18.7. The van der Waals surface area contributed by atoms with E-state index in [1.807, 2.05) is 30.3 Å². The zero-order valence-electron chi connectivity index (χ0n) is 10.5. The fourth-order valence-corrected chi connectivity index (χ4v) is 1.58. The normalized spacial score (nSPS) is 9.60. The maximum Gasteiger partial charge on any atom is 0.412 e. The fraction of sp³-hybridized carbons (Fsp3) is 0.0667. The molecule has 0 aliphatic heterocycles. The molecule has 5 heteroatoms. The van der Waals surface area contributed by atoms with Crippen molar-refractivity contribution in [2.24, 2.45) is 0 Å². The number of benzene rings is 2. The summed E-state index contributed by atoms with van der Waals surface area (Å²) in [4.78, 5) is 11.6. The van der Waals surface area contributed by atoms with E-state index in [2.05, 4.69) is 5.32 Å². The highest BCUT2D eigenvalue weighted by Crippen LogP contribution is 2.17. The third-order valence-corrected chi connectivity index (χ3v) is 2.57. The number of ether oxygens (including phenoxy) is 1. The highest BCUT2D eigenvalue weighted by Gasteiger charge is 2.11. The van der Waals surface area contributed by atoms with Crippen LogP contribution in [0.1, 0.15) is 11.1 Å². The van der Waals surface area contributed by atoms with Gasteiger partial charge in [-0.05, 0) is 17.7 Å². The van der Waals surface area contributed by atoms with Crippen LogP contribution in [0.5, 0.6) is 0 Å². The minimum absolute atomic E-state index is 0.0814. The summed E-state index contributed by atoms with van der Waals surface area (Å²) in [6.07, 6.45) is -0.775. The quantitative estimate of drug-likeness (QED) is 0.929. The first-order valence-electron chi connectivity index (χ1n) is 5.87. The minimum Gasteiger partial charge on any atom is -0.444 e. The second-order valence-corrected chi connectivity index (χ2v) is 3.97. The summed E-state index contributed by atoms with van der Waals surface area (Å²) in [6.45, 7) is 0.0895. The van der Waals surface area contributed by atoms with Crippen molar-refractivity contribution in [2.75, 3.05) is 5.32 Å². The first-order chi connectivity index (χ1) is 9.70. The molecule has 0 spiro atoms. The summed E-state index contributed by atoms with van der Waals surface area (Å²) >= 11 is 0. The SMILES string of the molecule is N#Cc1cccc(NC(=O)OCc2ccccc2)c1F. The number of carbonyl (C=O) groups is 1. The number of amides is 1. The van der Waals surface area contributed by atoms with Crippen LogP contribution in [0.2, 0.25) is 0 Å². The van der Waals surface area contributed by atoms with E-state index >= 15 is 0 Å². The number of nitrogens with zero attached hydrogens (tertiary/aromatic N) is 1. The summed E-state index contributed by atoms with van der Waals surface area (Å²) in [5.41, 5.74) is 0.613. The van der Waals surface area contributed by atoms with Gasteiger partial charge in [0.15, 0.2) is 5.82 Å². The predicted molar refractivity (Wildman–Crippen MR) is 71.4 cm³/mol. The molecule has 1 amide bonds. The zero-order valence-corrected chi connectivity index (χ0v) is 10.5. The second kappa shape index (κ2) is 6.34. The molecule has 2 aromatic rings. The Balaban J connectivity index is 1.97. The van der Waals surface area contributed by atoms with Crippen LogP contribution in [0.15, 0.2) is 48.5 Å². The summed E-state index contributed by atoms with van der Waals surface area (Å²) in [7, 11) is 0. The molecule has 0 aliphatic carbocycles. The molecule has 2 aromatic carbocycles. The average Bonchev–Trinajstić information content (AvgIpc) is 2.48. The maximum absolute atomic E-state index is 13.7. The van der Waals surface area contributed by atoms with Crippen molar-refractivity contribution in [2.45, 2.75) is 6.61 Å². The third kappa shape index (κ3) is 3.33. The lowest BCUT2D eigenvalue weighted by atomic mass is 10.2. The van der Waals surface area contributed by atoms with E-state index in [9.17, 15) is 9.18 Å². The van der Waals surface area contributed by atoms with Crippen molar-refractivity contribution in [3.05, 3.63) is 65.5 Å². The summed E-state index contributed by atoms with van der Waals surface area (Å²) in [5.74, 6) is -0.772. The lowest BCUT2D eigenvalue weighted by Gasteiger charge is -2.08. The third-order valence-electron chi connectivity index (χ3n) is 2.57. The largest absolute Gasteiger partial charge is 0.444 e. The van der Waals surface area contributed by atoms with Crippen LogP contribution in [0.25, 0.3) is 0 Å². The molecule has 0 saturated carbocycles. The smallest absolute Gasteiger partial charge is 0.412 e. The monoisotopic (exact) mass is 270 g/mol. The van der Waals surface area contributed by atoms with Crippen LogP contribution < -0.4 is 5.32 Å². The Hall–Kier alpha value is -2.87. The number of nitriles is 1. The van der Waals surface area contributed by atoms with Gasteiger partial charge < -0.3 is 4.74 Å². The highest BCUT2D eigenvalue weighted by atomic mass is 19.1. The Bertz CT molecular complexity index is 651. The molecule has 0 radical (unpaired) electrons. The lowest BCUT2D eigenvalue weighted by molar-refractivity contribution is 0.155. The van der Waals surface area contributed by atoms with Gasteiger partial charge in [-0.25, -0.2) is 9.18 Å². The number of halogens is 1. The first-order valence-corrected chi connectivity index (χ1v) is 5.87. The van der Waals surface area contributed by atoms with Crippen molar-refractivity contribution in [3.8, 4) is 6.07 Å². The molecule has 0 fully saturated rings. The number of anilines is 1. The van der Waals surface area contributed by atoms with Gasteiger partial charge in [0.2, 0.25) is 0 Å². The van der Waals surface area contributed by atoms with Crippen LogP contribution in [-0.2, 0) is 11.3 Å². The van der Waals surface area contributed by atoms with E-state index in [0.717, 1.165) is 5.56 Å². The van der Waals surface area contributed by atoms with Crippen molar-refractivity contribution < 1.29 is 13.9 Å². The predicted octanol–water partition coefficient (Wildman–Crippen LogP) is 3.45. The van der Waals surface area contributed by atoms with Crippen molar-refractivity contribution >= 4 is 11.8 Å². The van der Waals surface area contributed by atoms with E-state index in [1.54, 1.807) is 6.07 Å². The van der Waals surface area contributed by atoms with Gasteiger partial charge in [0.1, 0.15) is 12.7 Å². The number of nitrogens with one attached hydrogen (secondary N) is 1. The van der Waals surface area contributed by atoms with Crippen LogP contribution in [0.4, 0.5) is 14.9 Å². The molecule has 2 rings (SSSR count). The summed E-state index contributed by atoms with van der Waals surface area (Å²) in [6, 6.07) is 15.0. The molecule has 0 unspecified atom stereocenters. The second-order valence-electron chi connectivity index (χ2n) is 3.97. The topological polar surface area (TPSA) is 62.1 Å². The summed E-state index contributed by atoms with van der Waals surface area (Å²) in [5, 5.41) is 11.0. The molecule has 0 bridgehead atoms. The molecule has 0 aliphatic rings. The average molecular weight is 270 g/mol. The molecule has 1 N–H and O–H groups in total. The molecular formula is C15H11FN2O2. The number of hydrogen-bond donors (Lipinski definition) is 1. The molecule has 0 atom stereocenters. The fourth-order valence-electron chi connectivity index (χ4n) is 1.58. The van der Waals surface area contributed by atoms with E-state index in [1.165, 1.54) is 18.2 Å². The molecule has 0 saturated heterocycles. The molecule has 0 aromatic heterocycles. The minimum atomic E-state index is -0.775. The Kier molecular flexibility index (Phi) is 4.30. The molecule has 0 heterocycles. The number of rotatable bonds is 3. The molecular weight excluding hydrogens is 259 g/mol. The zero-order chi connectivity index (χ0) is 14.4. The first kappa shape index (κ1) is 13.6. The Morgan fingerprint density at radius 1 is 1.20 bits per heavy atom. The van der Waals surface area contributed by atoms with Crippen molar-refractivity contribution in [1.29, 1.82) is 5.26 Å². The van der Waals surface area contributed by atoms with Gasteiger partial charge in [-0.3, -0.25) is 5.32 Å². The van der Waals surface area contributed by atoms with Gasteiger partial charge in [-0.2, -0.15) is 5.26 Å². The Labute approximate surface area is 115 Å². The van der Waals surface area contributed by atoms with Crippen LogP contribution in [0.3, 0.4) is 0 Å². The van der Waals surface area contributed by atoms with E-state index in [-0.39, 0.29) is 17.9 Å². The van der Waals surface area contributed by atoms with Crippen LogP contribution in [-0.4, -0.2) is 6.09 Å². The van der Waals surface area contributed by atoms with Gasteiger partial charge >= 0.3 is 6.09 Å². The van der Waals surface area contributed by atoms with E-state index in [0.29, 0.717) is 0 Å². The molecule has 100 valence electrons. The standard InChI is InChI=1S/C15H11FN2O2/c16-14-12(9-17)7-4-8-13(14)18-15(19)20-10-11-5-2-1-3-6-11/h1-8H,10H2,(H,18,19). The van der Waals surface area contributed by atoms with Gasteiger partial charge in [-0.1, -0.05) is 36.4 Å². The van der Waals surface area contributed by atoms with Crippen molar-refractivity contribution in [3.63, 3.8) is 0 Å². The number of hydrogen-bond acceptors (Lipinski definition) is 3. The molecule has 20 heavy (non-hydrogen) atoms. The Morgan fingerprint density at radius 2 is 1.95 bits per heavy atom. The van der Waals surface area contributed by atoms with E-state index in [4.69, 9.17) is 10.00 Å². The molecule has 4 nitrogen and oxygen atoms in total. The van der Waals surface area contributed by atoms with Crippen LogP contribution >= 0.6 is 0 Å². The van der Waals surface area contributed by atoms with Crippen LogP contribution in [0, 0.1) is 17.1 Å². The van der Waals surface area contributed by atoms with Gasteiger partial charge in [0.05, 0.1) is 11.3 Å². The van der Waals surface area contributed by atoms with E-state index < -0.39 is 11.9 Å². The lowest BCUT2D eigenvalue weighted by Crippen LogP contribution is -2.14. The maximum atomic E-state index is 13.7. The highest BCUT2D eigenvalue weighted by molar-refractivity contribution is 5.85. The van der Waals surface area contributed by atoms with Crippen molar-refractivity contribution in [1.82, 2.24) is 0 Å². The van der Waals surface area contributed by atoms with Gasteiger partial charge in [-0.15, -0.1) is 0 Å². The van der Waals surface area contributed by atoms with Gasteiger partial charge in [0.25, 0.3) is 0 Å².